The topological polar surface area (TPSA) is 54.1 Å². The number of methoxy groups -OCH3 is 1. The first-order valence-corrected chi connectivity index (χ1v) is 16.0. The van der Waals surface area contributed by atoms with Crippen molar-refractivity contribution in [2.24, 2.45) is 5.92 Å². The number of para-hydroxylation sites is 1. The SMILES string of the molecule is COc1cc(C)c(-c2c(C)nn(-c3[c-]c(Oc4[c-]c5c(cc4)c4ccccc4n5-c4cc(C)ccn4)ccc3)c2CC(C)C)c(C)c1.[Pd+2]. The molecule has 48 heavy (non-hydrogen) atoms. The molecule has 0 saturated heterocycles. The number of ether oxygens (including phenoxy) is 2. The maximum atomic E-state index is 6.47. The van der Waals surface area contributed by atoms with Crippen molar-refractivity contribution in [3.05, 3.63) is 125 Å². The number of pyridine rings is 1. The average molecular weight is 725 g/mol. The van der Waals surface area contributed by atoms with Gasteiger partial charge >= 0.3 is 20.4 Å². The number of aryl methyl sites for hydroxylation is 4. The maximum Gasteiger partial charge on any atom is 2.00 e. The first kappa shape index (κ1) is 33.2. The zero-order valence-electron chi connectivity index (χ0n) is 28.3. The molecule has 6 nitrogen and oxygen atoms in total. The third-order valence-corrected chi connectivity index (χ3v) is 8.64. The van der Waals surface area contributed by atoms with Crippen LogP contribution in [0.5, 0.6) is 17.2 Å². The van der Waals surface area contributed by atoms with Crippen molar-refractivity contribution in [3.8, 4) is 39.9 Å². The second kappa shape index (κ2) is 13.4. The summed E-state index contributed by atoms with van der Waals surface area (Å²) in [4.78, 5) is 4.70. The van der Waals surface area contributed by atoms with Crippen molar-refractivity contribution < 1.29 is 29.9 Å². The summed E-state index contributed by atoms with van der Waals surface area (Å²) in [6, 6.07) is 33.8. The quantitative estimate of drug-likeness (QED) is 0.116. The monoisotopic (exact) mass is 724 g/mol. The molecule has 0 amide bonds. The molecule has 0 bridgehead atoms. The Balaban J connectivity index is 0.00000401. The van der Waals surface area contributed by atoms with Crippen molar-refractivity contribution in [1.29, 1.82) is 0 Å². The Morgan fingerprint density at radius 2 is 1.54 bits per heavy atom. The zero-order valence-corrected chi connectivity index (χ0v) is 29.8. The molecule has 0 spiro atoms. The Kier molecular flexibility index (Phi) is 9.29. The molecule has 4 aromatic carbocycles. The molecule has 7 rings (SSSR count). The van der Waals surface area contributed by atoms with Crippen molar-refractivity contribution in [1.82, 2.24) is 19.3 Å². The summed E-state index contributed by atoms with van der Waals surface area (Å²) in [5.74, 6) is 3.34. The molecule has 7 heteroatoms. The van der Waals surface area contributed by atoms with Crippen LogP contribution in [-0.2, 0) is 26.8 Å². The van der Waals surface area contributed by atoms with Crippen LogP contribution < -0.4 is 9.47 Å². The molecule has 0 radical (unpaired) electrons. The number of hydrogen-bond acceptors (Lipinski definition) is 4. The fraction of sp³-hybridized carbons (Fsp3) is 0.220. The molecule has 0 N–H and O–H groups in total. The third kappa shape index (κ3) is 6.05. The van der Waals surface area contributed by atoms with E-state index in [4.69, 9.17) is 19.6 Å². The van der Waals surface area contributed by atoms with Crippen LogP contribution in [0.25, 0.3) is 44.4 Å². The van der Waals surface area contributed by atoms with Gasteiger partial charge < -0.3 is 14.0 Å². The molecule has 0 unspecified atom stereocenters. The van der Waals surface area contributed by atoms with Gasteiger partial charge in [0.1, 0.15) is 11.6 Å². The van der Waals surface area contributed by atoms with Gasteiger partial charge in [-0.15, -0.1) is 35.7 Å². The third-order valence-electron chi connectivity index (χ3n) is 8.64. The summed E-state index contributed by atoms with van der Waals surface area (Å²) in [6.07, 6.45) is 2.71. The number of aromatic nitrogens is 4. The van der Waals surface area contributed by atoms with E-state index in [9.17, 15) is 0 Å². The minimum absolute atomic E-state index is 0. The molecule has 3 aromatic heterocycles. The number of hydrogen-bond donors (Lipinski definition) is 0. The molecule has 244 valence electrons. The molecule has 7 aromatic rings. The van der Waals surface area contributed by atoms with E-state index >= 15 is 0 Å². The number of fused-ring (bicyclic) bond motifs is 3. The predicted molar refractivity (Wildman–Crippen MR) is 189 cm³/mol. The summed E-state index contributed by atoms with van der Waals surface area (Å²) in [6.45, 7) is 12.9. The second-order valence-electron chi connectivity index (χ2n) is 12.7. The van der Waals surface area contributed by atoms with Crippen molar-refractivity contribution >= 4 is 21.8 Å². The van der Waals surface area contributed by atoms with Crippen LogP contribution >= 0.6 is 0 Å². The Morgan fingerprint density at radius 1 is 0.792 bits per heavy atom. The van der Waals surface area contributed by atoms with E-state index in [0.29, 0.717) is 17.4 Å². The zero-order chi connectivity index (χ0) is 32.8. The molecule has 0 aliphatic carbocycles. The largest absolute Gasteiger partial charge is 2.00 e. The molecular formula is C41H38N4O2Pd. The van der Waals surface area contributed by atoms with Crippen LogP contribution in [0.4, 0.5) is 0 Å². The van der Waals surface area contributed by atoms with Crippen molar-refractivity contribution in [3.63, 3.8) is 0 Å². The van der Waals surface area contributed by atoms with Gasteiger partial charge in [0.2, 0.25) is 0 Å². The van der Waals surface area contributed by atoms with Crippen LogP contribution in [0.3, 0.4) is 0 Å². The normalized spacial score (nSPS) is 11.3. The minimum atomic E-state index is 0. The van der Waals surface area contributed by atoms with Crippen LogP contribution in [-0.4, -0.2) is 26.4 Å². The van der Waals surface area contributed by atoms with Gasteiger partial charge in [-0.25, -0.2) is 4.98 Å². The molecule has 0 aliphatic rings. The summed E-state index contributed by atoms with van der Waals surface area (Å²) < 4.78 is 16.2. The van der Waals surface area contributed by atoms with Gasteiger partial charge in [-0.3, -0.25) is 4.68 Å². The van der Waals surface area contributed by atoms with Crippen LogP contribution in [0, 0.1) is 45.7 Å². The Labute approximate surface area is 296 Å². The standard InChI is InChI=1S/C41H38N4O2.Pd/c1-25(2)19-38-41(40-27(4)21-33(46-7)22-28(40)5)29(6)43-45(38)30-11-10-12-31(23-30)47-32-15-16-35-34-13-8-9-14-36(34)44(37(35)24-32)39-20-26(3)17-18-42-39;/h8-18,20-22,25H,19H2,1-7H3;/q-2;+2. The first-order chi connectivity index (χ1) is 22.7. The molecular weight excluding hydrogens is 687 g/mol. The first-order valence-electron chi connectivity index (χ1n) is 16.0. The van der Waals surface area contributed by atoms with Gasteiger partial charge in [-0.2, -0.15) is 17.2 Å². The predicted octanol–water partition coefficient (Wildman–Crippen LogP) is 9.86. The van der Waals surface area contributed by atoms with Gasteiger partial charge in [0.25, 0.3) is 0 Å². The summed E-state index contributed by atoms with van der Waals surface area (Å²) >= 11 is 0. The van der Waals surface area contributed by atoms with Crippen LogP contribution in [0.2, 0.25) is 0 Å². The van der Waals surface area contributed by atoms with E-state index in [1.54, 1.807) is 7.11 Å². The number of nitrogens with zero attached hydrogens (tertiary/aromatic N) is 4. The van der Waals surface area contributed by atoms with Gasteiger partial charge in [0, 0.05) is 28.8 Å². The van der Waals surface area contributed by atoms with E-state index in [2.05, 4.69) is 107 Å². The van der Waals surface area contributed by atoms with Crippen LogP contribution in [0.15, 0.2) is 85.1 Å². The maximum absolute atomic E-state index is 6.47. The smallest absolute Gasteiger partial charge is 0.509 e. The van der Waals surface area contributed by atoms with Gasteiger partial charge in [-0.1, -0.05) is 37.6 Å². The van der Waals surface area contributed by atoms with E-state index in [0.717, 1.165) is 62.4 Å². The number of rotatable bonds is 8. The average Bonchev–Trinajstić information content (AvgIpc) is 3.54. The van der Waals surface area contributed by atoms with Gasteiger partial charge in [0.05, 0.1) is 18.5 Å². The fourth-order valence-corrected chi connectivity index (χ4v) is 6.66. The van der Waals surface area contributed by atoms with E-state index in [1.165, 1.54) is 22.3 Å². The molecule has 0 aliphatic heterocycles. The van der Waals surface area contributed by atoms with Gasteiger partial charge in [0.15, 0.2) is 0 Å². The van der Waals surface area contributed by atoms with Gasteiger partial charge in [-0.05, 0) is 104 Å². The second-order valence-corrected chi connectivity index (χ2v) is 12.7. The Morgan fingerprint density at radius 3 is 2.27 bits per heavy atom. The Hall–Kier alpha value is -4.70. The number of benzene rings is 4. The molecule has 0 atom stereocenters. The van der Waals surface area contributed by atoms with Crippen molar-refractivity contribution in [2.75, 3.05) is 7.11 Å². The van der Waals surface area contributed by atoms with E-state index < -0.39 is 0 Å². The molecule has 0 fully saturated rings. The Bertz CT molecular complexity index is 2260. The molecule has 0 saturated carbocycles. The minimum Gasteiger partial charge on any atom is -0.509 e. The summed E-state index contributed by atoms with van der Waals surface area (Å²) in [5, 5.41) is 7.32. The van der Waals surface area contributed by atoms with Crippen LogP contribution in [0.1, 0.15) is 41.9 Å². The van der Waals surface area contributed by atoms with Crippen molar-refractivity contribution in [2.45, 2.75) is 48.0 Å². The van der Waals surface area contributed by atoms with E-state index in [1.807, 2.05) is 41.2 Å². The molecule has 3 heterocycles. The fourth-order valence-electron chi connectivity index (χ4n) is 6.66. The summed E-state index contributed by atoms with van der Waals surface area (Å²) in [7, 11) is 1.71. The van der Waals surface area contributed by atoms with E-state index in [-0.39, 0.29) is 20.4 Å². The summed E-state index contributed by atoms with van der Waals surface area (Å²) in [5.41, 5.74) is 10.8.